The van der Waals surface area contributed by atoms with Crippen LogP contribution in [0.25, 0.3) is 22.0 Å². The van der Waals surface area contributed by atoms with E-state index in [0.29, 0.717) is 30.6 Å². The van der Waals surface area contributed by atoms with Crippen molar-refractivity contribution in [3.8, 4) is 11.1 Å². The van der Waals surface area contributed by atoms with Crippen LogP contribution < -0.4 is 10.2 Å². The van der Waals surface area contributed by atoms with E-state index in [2.05, 4.69) is 52.2 Å². The molecular formula is C31H36N6O2S. The monoisotopic (exact) mass is 556 g/mol. The van der Waals surface area contributed by atoms with Gasteiger partial charge in [0.2, 0.25) is 10.0 Å². The van der Waals surface area contributed by atoms with Crippen LogP contribution in [0, 0.1) is 6.92 Å². The van der Waals surface area contributed by atoms with Gasteiger partial charge in [-0.15, -0.1) is 0 Å². The summed E-state index contributed by atoms with van der Waals surface area (Å²) in [6.45, 7) is 7.72. The number of aromatic nitrogens is 3. The van der Waals surface area contributed by atoms with Crippen LogP contribution in [0.5, 0.6) is 0 Å². The Morgan fingerprint density at radius 2 is 1.85 bits per heavy atom. The van der Waals surface area contributed by atoms with Gasteiger partial charge >= 0.3 is 0 Å². The Morgan fingerprint density at radius 1 is 1.00 bits per heavy atom. The highest BCUT2D eigenvalue weighted by Gasteiger charge is 2.30. The number of rotatable bonds is 7. The maximum absolute atomic E-state index is 13.6. The van der Waals surface area contributed by atoms with E-state index in [1.165, 1.54) is 5.56 Å². The molecule has 1 fully saturated rings. The Hall–Kier alpha value is -3.40. The zero-order valence-corrected chi connectivity index (χ0v) is 24.0. The molecule has 0 amide bonds. The smallest absolute Gasteiger partial charge is 0.243 e. The highest BCUT2D eigenvalue weighted by molar-refractivity contribution is 7.89. The van der Waals surface area contributed by atoms with Crippen LogP contribution >= 0.6 is 0 Å². The molecule has 0 unspecified atom stereocenters. The second-order valence-corrected chi connectivity index (χ2v) is 12.8. The molecule has 9 heteroatoms. The number of piperidine rings is 1. The Kier molecular flexibility index (Phi) is 7.53. The van der Waals surface area contributed by atoms with Gasteiger partial charge in [0.05, 0.1) is 10.4 Å². The van der Waals surface area contributed by atoms with Crippen molar-refractivity contribution in [2.75, 3.05) is 31.1 Å². The van der Waals surface area contributed by atoms with Gasteiger partial charge in [-0.05, 0) is 91.7 Å². The Morgan fingerprint density at radius 3 is 2.62 bits per heavy atom. The van der Waals surface area contributed by atoms with Crippen molar-refractivity contribution in [3.05, 3.63) is 77.9 Å². The van der Waals surface area contributed by atoms with Gasteiger partial charge in [0, 0.05) is 55.6 Å². The van der Waals surface area contributed by atoms with E-state index < -0.39 is 10.0 Å². The van der Waals surface area contributed by atoms with Crippen molar-refractivity contribution in [1.29, 1.82) is 0 Å². The van der Waals surface area contributed by atoms with Crippen LogP contribution in [-0.4, -0.2) is 59.9 Å². The summed E-state index contributed by atoms with van der Waals surface area (Å²) in [4.78, 5) is 16.2. The molecule has 0 radical (unpaired) electrons. The lowest BCUT2D eigenvalue weighted by atomic mass is 9.98. The quantitative estimate of drug-likeness (QED) is 0.352. The van der Waals surface area contributed by atoms with Crippen molar-refractivity contribution < 1.29 is 8.42 Å². The molecule has 6 rings (SSSR count). The summed E-state index contributed by atoms with van der Waals surface area (Å²) in [7, 11) is -3.54. The van der Waals surface area contributed by atoms with Gasteiger partial charge in [-0.25, -0.2) is 18.4 Å². The number of pyridine rings is 1. The summed E-state index contributed by atoms with van der Waals surface area (Å²) in [5.74, 6) is 0.874. The second-order valence-electron chi connectivity index (χ2n) is 10.9. The fourth-order valence-electron chi connectivity index (χ4n) is 5.96. The molecule has 4 aromatic rings. The fraction of sp³-hybridized carbons (Fsp3) is 0.387. The number of nitrogens with one attached hydrogen (secondary N) is 1. The molecule has 8 nitrogen and oxygen atoms in total. The van der Waals surface area contributed by atoms with Crippen molar-refractivity contribution in [1.82, 2.24) is 24.6 Å². The molecule has 2 aromatic carbocycles. The normalized spacial score (nSPS) is 16.8. The highest BCUT2D eigenvalue weighted by atomic mass is 32.2. The third kappa shape index (κ3) is 5.21. The topological polar surface area (TPSA) is 91.3 Å². The van der Waals surface area contributed by atoms with Crippen LogP contribution in [0.1, 0.15) is 42.9 Å². The fourth-order valence-corrected chi connectivity index (χ4v) is 7.48. The number of fused-ring (bicyclic) bond motifs is 2. The molecule has 2 aliphatic heterocycles. The second kappa shape index (κ2) is 11.2. The third-order valence-electron chi connectivity index (χ3n) is 8.17. The van der Waals surface area contributed by atoms with E-state index in [0.717, 1.165) is 77.7 Å². The number of benzene rings is 2. The Balaban J connectivity index is 1.27. The zero-order chi connectivity index (χ0) is 27.7. The maximum atomic E-state index is 13.6. The van der Waals surface area contributed by atoms with Gasteiger partial charge < -0.3 is 10.2 Å². The van der Waals surface area contributed by atoms with E-state index in [1.54, 1.807) is 22.9 Å². The van der Waals surface area contributed by atoms with E-state index in [-0.39, 0.29) is 0 Å². The van der Waals surface area contributed by atoms with Gasteiger partial charge in [-0.3, -0.25) is 4.98 Å². The molecule has 1 saturated heterocycles. The summed E-state index contributed by atoms with van der Waals surface area (Å²) < 4.78 is 28.8. The SMILES string of the molecule is CCCNC1CCN(S(=O)(=O)c2ccc3c(c2)CN(c2ncnc4c(C)cc(-c5cccnc5)cc24)CC3)CC1. The molecule has 40 heavy (non-hydrogen) atoms. The van der Waals surface area contributed by atoms with Gasteiger partial charge in [0.1, 0.15) is 12.1 Å². The molecule has 0 atom stereocenters. The first-order chi connectivity index (χ1) is 19.4. The standard InChI is InChI=1S/C31H36N6O2S/c1-3-11-33-27-9-14-37(15-10-27)40(38,39)28-7-6-23-8-13-36(20-26(23)17-28)31-29-18-25(24-5-4-12-32-19-24)16-22(2)30(29)34-21-35-31/h4-7,12,16-19,21,27,33H,3,8-11,13-15,20H2,1-2H3. The summed E-state index contributed by atoms with van der Waals surface area (Å²) in [5, 5.41) is 4.53. The number of hydrogen-bond acceptors (Lipinski definition) is 7. The number of aryl methyl sites for hydroxylation is 1. The predicted octanol–water partition coefficient (Wildman–Crippen LogP) is 4.72. The highest BCUT2D eigenvalue weighted by Crippen LogP contribution is 2.34. The number of nitrogens with zero attached hydrogens (tertiary/aromatic N) is 5. The largest absolute Gasteiger partial charge is 0.351 e. The molecule has 0 spiro atoms. The summed E-state index contributed by atoms with van der Waals surface area (Å²) >= 11 is 0. The van der Waals surface area contributed by atoms with Crippen molar-refractivity contribution in [2.45, 2.75) is 57.0 Å². The van der Waals surface area contributed by atoms with Crippen molar-refractivity contribution >= 4 is 26.7 Å². The summed E-state index contributed by atoms with van der Waals surface area (Å²) in [6, 6.07) is 14.3. The van der Waals surface area contributed by atoms with Gasteiger partial charge in [-0.2, -0.15) is 4.31 Å². The van der Waals surface area contributed by atoms with E-state index >= 15 is 0 Å². The Bertz CT molecular complexity index is 1620. The first-order valence-electron chi connectivity index (χ1n) is 14.2. The molecule has 0 bridgehead atoms. The minimum Gasteiger partial charge on any atom is -0.351 e. The summed E-state index contributed by atoms with van der Waals surface area (Å²) in [6.07, 6.45) is 8.88. The van der Waals surface area contributed by atoms with Crippen molar-refractivity contribution in [3.63, 3.8) is 0 Å². The number of sulfonamides is 1. The third-order valence-corrected chi connectivity index (χ3v) is 10.1. The van der Waals surface area contributed by atoms with Crippen LogP contribution in [-0.2, 0) is 23.0 Å². The molecule has 1 N–H and O–H groups in total. The average molecular weight is 557 g/mol. The lowest BCUT2D eigenvalue weighted by Gasteiger charge is -2.33. The summed E-state index contributed by atoms with van der Waals surface area (Å²) in [5.41, 5.74) is 6.37. The van der Waals surface area contributed by atoms with Crippen LogP contribution in [0.2, 0.25) is 0 Å². The van der Waals surface area contributed by atoms with Crippen LogP contribution in [0.15, 0.2) is 66.1 Å². The average Bonchev–Trinajstić information content (AvgIpc) is 3.00. The predicted molar refractivity (Wildman–Crippen MR) is 159 cm³/mol. The van der Waals surface area contributed by atoms with E-state index in [4.69, 9.17) is 4.98 Å². The molecule has 0 saturated carbocycles. The van der Waals surface area contributed by atoms with E-state index in [9.17, 15) is 8.42 Å². The Labute approximate surface area is 236 Å². The lowest BCUT2D eigenvalue weighted by molar-refractivity contribution is 0.290. The molecule has 0 aliphatic carbocycles. The lowest BCUT2D eigenvalue weighted by Crippen LogP contribution is -2.45. The molecule has 208 valence electrons. The minimum atomic E-state index is -3.54. The molecule has 2 aromatic heterocycles. The minimum absolute atomic E-state index is 0.385. The first-order valence-corrected chi connectivity index (χ1v) is 15.6. The molecule has 2 aliphatic rings. The van der Waals surface area contributed by atoms with E-state index in [1.807, 2.05) is 24.4 Å². The van der Waals surface area contributed by atoms with Crippen LogP contribution in [0.4, 0.5) is 5.82 Å². The van der Waals surface area contributed by atoms with Gasteiger partial charge in [0.15, 0.2) is 0 Å². The number of hydrogen-bond donors (Lipinski definition) is 1. The molecule has 4 heterocycles. The van der Waals surface area contributed by atoms with Crippen LogP contribution in [0.3, 0.4) is 0 Å². The first kappa shape index (κ1) is 26.8. The van der Waals surface area contributed by atoms with Gasteiger partial charge in [0.25, 0.3) is 0 Å². The number of anilines is 1. The zero-order valence-electron chi connectivity index (χ0n) is 23.2. The molecular weight excluding hydrogens is 520 g/mol. The van der Waals surface area contributed by atoms with Gasteiger partial charge in [-0.1, -0.05) is 19.1 Å². The maximum Gasteiger partial charge on any atom is 0.243 e. The van der Waals surface area contributed by atoms with Crippen molar-refractivity contribution in [2.24, 2.45) is 0 Å².